The van der Waals surface area contributed by atoms with Gasteiger partial charge in [0.1, 0.15) is 56.0 Å². The molecule has 0 bridgehead atoms. The van der Waals surface area contributed by atoms with E-state index in [9.17, 15) is 50.9 Å². The van der Waals surface area contributed by atoms with Gasteiger partial charge in [-0.2, -0.15) is 4.98 Å². The second-order valence-electron chi connectivity index (χ2n) is 14.8. The molecule has 2 fully saturated rings. The van der Waals surface area contributed by atoms with E-state index in [4.69, 9.17) is 43.2 Å². The van der Waals surface area contributed by atoms with E-state index in [-0.39, 0.29) is 28.8 Å². The minimum Gasteiger partial charge on any atom is -0.394 e. The molecule has 2 aromatic carbocycles. The Hall–Kier alpha value is -4.51. The summed E-state index contributed by atoms with van der Waals surface area (Å²) >= 11 is 0. The van der Waals surface area contributed by atoms with Crippen molar-refractivity contribution in [3.8, 4) is 0 Å². The van der Waals surface area contributed by atoms with Crippen LogP contribution in [-0.2, 0) is 61.7 Å². The summed E-state index contributed by atoms with van der Waals surface area (Å²) in [5.74, 6) is -1.02. The molecule has 1 unspecified atom stereocenters. The molecule has 0 saturated carbocycles. The predicted octanol–water partition coefficient (Wildman–Crippen LogP) is -0.691. The second-order valence-corrected chi connectivity index (χ2v) is 20.4. The molecule has 2 aliphatic heterocycles. The van der Waals surface area contributed by atoms with Gasteiger partial charge in [0.2, 0.25) is 0 Å². The summed E-state index contributed by atoms with van der Waals surface area (Å²) in [6, 6.07) is 14.6. The van der Waals surface area contributed by atoms with Crippen molar-refractivity contribution in [2.75, 3.05) is 57.3 Å². The van der Waals surface area contributed by atoms with Crippen LogP contribution in [-0.4, -0.2) is 139 Å². The Morgan fingerprint density at radius 2 is 1.29 bits per heavy atom. The summed E-state index contributed by atoms with van der Waals surface area (Å²) in [4.78, 5) is 54.3. The zero-order chi connectivity index (χ0) is 47.1. The van der Waals surface area contributed by atoms with Crippen LogP contribution in [0, 0.1) is 13.8 Å². The number of aliphatic hydroxyl groups excluding tert-OH is 2. The Morgan fingerprint density at radius 3 is 1.83 bits per heavy atom. The Morgan fingerprint density at radius 1 is 0.769 bits per heavy atom. The van der Waals surface area contributed by atoms with E-state index in [1.807, 2.05) is 4.98 Å². The van der Waals surface area contributed by atoms with Crippen molar-refractivity contribution < 1.29 is 74.0 Å². The van der Waals surface area contributed by atoms with E-state index in [0.29, 0.717) is 0 Å². The largest absolute Gasteiger partial charge is 0.472 e. The van der Waals surface area contributed by atoms with Gasteiger partial charge in [0.15, 0.2) is 32.1 Å². The molecule has 65 heavy (non-hydrogen) atoms. The number of hydrogen-bond donors (Lipinski definition) is 5. The molecule has 0 amide bonds. The van der Waals surface area contributed by atoms with E-state index in [0.717, 1.165) is 32.5 Å². The quantitative estimate of drug-likeness (QED) is 0.0370. The number of sulfone groups is 2. The van der Waals surface area contributed by atoms with Gasteiger partial charge in [-0.05, 0) is 44.2 Å². The molecule has 356 valence electrons. The molecule has 0 aliphatic carbocycles. The number of anilines is 1. The molecule has 2 aromatic heterocycles. The average molecular weight is 974 g/mol. The maximum absolute atomic E-state index is 13.6. The topological polar surface area (TPSA) is 336 Å². The molecule has 9 atom stereocenters. The normalized spacial score (nSPS) is 24.6. The number of H-pyrrole nitrogens is 1. The maximum atomic E-state index is 13.6. The van der Waals surface area contributed by atoms with Gasteiger partial charge in [0, 0.05) is 18.5 Å². The highest BCUT2D eigenvalue weighted by Crippen LogP contribution is 2.49. The van der Waals surface area contributed by atoms with Gasteiger partial charge >= 0.3 is 19.2 Å². The molecule has 0 radical (unpaired) electrons. The van der Waals surface area contributed by atoms with Gasteiger partial charge in [-0.1, -0.05) is 35.4 Å². The van der Waals surface area contributed by atoms with Crippen molar-refractivity contribution in [2.24, 2.45) is 0 Å². The third-order valence-electron chi connectivity index (χ3n) is 10.1. The number of aromatic nitrogens is 4. The van der Waals surface area contributed by atoms with Crippen LogP contribution in [0.5, 0.6) is 0 Å². The fourth-order valence-electron chi connectivity index (χ4n) is 6.68. The van der Waals surface area contributed by atoms with Gasteiger partial charge in [0.25, 0.3) is 5.56 Å². The average Bonchev–Trinajstić information content (AvgIpc) is 3.74. The van der Waals surface area contributed by atoms with Crippen molar-refractivity contribution in [1.29, 1.82) is 0 Å². The highest BCUT2D eigenvalue weighted by molar-refractivity contribution is 7.91. The Kier molecular flexibility index (Phi) is 16.4. The lowest BCUT2D eigenvalue weighted by molar-refractivity contribution is -0.138. The number of phosphoric ester groups is 1. The summed E-state index contributed by atoms with van der Waals surface area (Å²) < 4.78 is 111. The first kappa shape index (κ1) is 49.9. The minimum absolute atomic E-state index is 0.0678. The Balaban J connectivity index is 1.12. The number of aromatic amines is 1. The number of ether oxygens (including phenoxy) is 6. The standard InChI is InChI=1S/C38H48N5O19PS2/c1-23-3-7-25(8-4-23)64(51,52)17-15-55-21-57-33-31(46)28(61-35(33)43-14-12-30(45)41-38(43)48)20-59-63(49,50)62-32-27(19-44)60-36(42-13-11-29(39)40-37(42)47)34(32)58-22-56-16-18-65(53,54)26-9-5-24(2)6-10-26/h3-14,27-28,31-36,44,46H,15-22H2,1-2H3,(H,49,50)(H2,39,40,47)(H,41,45,48)/t27-,28-,31-,32-,33-,34-,35-,36-/m1/s1. The van der Waals surface area contributed by atoms with E-state index < -0.39 is 132 Å². The van der Waals surface area contributed by atoms with Crippen LogP contribution in [0.3, 0.4) is 0 Å². The smallest absolute Gasteiger partial charge is 0.394 e. The number of rotatable bonds is 22. The molecule has 24 nitrogen and oxygen atoms in total. The van der Waals surface area contributed by atoms with Crippen LogP contribution >= 0.6 is 7.82 Å². The van der Waals surface area contributed by atoms with E-state index >= 15 is 0 Å². The molecular weight excluding hydrogens is 926 g/mol. The van der Waals surface area contributed by atoms with Crippen molar-refractivity contribution in [3.63, 3.8) is 0 Å². The lowest BCUT2D eigenvalue weighted by atomic mass is 10.1. The first-order valence-electron chi connectivity index (χ1n) is 19.7. The Labute approximate surface area is 370 Å². The first-order chi connectivity index (χ1) is 30.8. The second kappa shape index (κ2) is 21.4. The number of phosphoric acid groups is 1. The highest BCUT2D eigenvalue weighted by Gasteiger charge is 2.52. The van der Waals surface area contributed by atoms with Crippen LogP contribution in [0.15, 0.2) is 97.2 Å². The van der Waals surface area contributed by atoms with Crippen molar-refractivity contribution in [1.82, 2.24) is 19.1 Å². The van der Waals surface area contributed by atoms with Crippen LogP contribution in [0.25, 0.3) is 0 Å². The molecular formula is C38H48N5O19PS2. The van der Waals surface area contributed by atoms with E-state index in [1.165, 1.54) is 36.5 Å². The number of aliphatic hydroxyl groups is 2. The molecule has 2 aliphatic rings. The molecule has 6 N–H and O–H groups in total. The van der Waals surface area contributed by atoms with Gasteiger partial charge in [0.05, 0.1) is 47.7 Å². The van der Waals surface area contributed by atoms with Gasteiger partial charge in [-0.3, -0.25) is 28.0 Å². The SMILES string of the molecule is Cc1ccc(S(=O)(=O)CCOCO[C@@H]2[C@H](O)[C@@H](COP(=O)(O)O[C@H]3[C@@H](OCOCCS(=O)(=O)c4ccc(C)cc4)[C@H](n4ccc(N)nc4=O)O[C@@H]3CO)O[C@H]2n2ccc(=O)[nH]c2=O)cc1. The number of nitrogen functional groups attached to an aromatic ring is 1. The number of nitrogens with zero attached hydrogens (tertiary/aromatic N) is 3. The summed E-state index contributed by atoms with van der Waals surface area (Å²) in [5.41, 5.74) is 4.70. The number of benzene rings is 2. The van der Waals surface area contributed by atoms with Crippen LogP contribution in [0.4, 0.5) is 5.82 Å². The van der Waals surface area contributed by atoms with Gasteiger partial charge in [-0.25, -0.2) is 31.0 Å². The lowest BCUT2D eigenvalue weighted by Crippen LogP contribution is -2.40. The van der Waals surface area contributed by atoms with Crippen LogP contribution < -0.4 is 22.7 Å². The monoisotopic (exact) mass is 973 g/mol. The summed E-state index contributed by atoms with van der Waals surface area (Å²) in [5, 5.41) is 21.6. The zero-order valence-corrected chi connectivity index (χ0v) is 37.3. The summed E-state index contributed by atoms with van der Waals surface area (Å²) in [7, 11) is -12.8. The fraction of sp³-hybridized carbons (Fsp3) is 0.474. The number of nitrogens with two attached hydrogens (primary N) is 1. The molecule has 27 heteroatoms. The summed E-state index contributed by atoms with van der Waals surface area (Å²) in [6.45, 7) is -0.145. The first-order valence-corrected chi connectivity index (χ1v) is 24.5. The molecule has 4 heterocycles. The highest BCUT2D eigenvalue weighted by atomic mass is 32.2. The predicted molar refractivity (Wildman–Crippen MR) is 224 cm³/mol. The van der Waals surface area contributed by atoms with Crippen molar-refractivity contribution in [2.45, 2.75) is 72.7 Å². The molecule has 4 aromatic rings. The molecule has 0 spiro atoms. The third kappa shape index (κ3) is 12.7. The summed E-state index contributed by atoms with van der Waals surface area (Å²) in [6.07, 6.45) is -10.2. The van der Waals surface area contributed by atoms with Crippen molar-refractivity contribution in [3.05, 3.63) is 116 Å². The van der Waals surface area contributed by atoms with Gasteiger partial charge in [-0.15, -0.1) is 0 Å². The van der Waals surface area contributed by atoms with Gasteiger partial charge < -0.3 is 49.3 Å². The third-order valence-corrected chi connectivity index (χ3v) is 14.5. The number of nitrogens with one attached hydrogen (secondary N) is 1. The number of aryl methyl sites for hydroxylation is 2. The van der Waals surface area contributed by atoms with Crippen molar-refractivity contribution >= 4 is 33.3 Å². The minimum atomic E-state index is -5.30. The maximum Gasteiger partial charge on any atom is 0.472 e. The molecule has 2 saturated heterocycles. The number of hydrogen-bond acceptors (Lipinski definition) is 20. The lowest BCUT2D eigenvalue weighted by Gasteiger charge is -2.26. The fourth-order valence-corrected chi connectivity index (χ4v) is 9.88. The van der Waals surface area contributed by atoms with Crippen LogP contribution in [0.2, 0.25) is 0 Å². The van der Waals surface area contributed by atoms with E-state index in [1.54, 1.807) is 38.1 Å². The zero-order valence-electron chi connectivity index (χ0n) is 34.8. The Bertz CT molecular complexity index is 2700. The van der Waals surface area contributed by atoms with E-state index in [2.05, 4.69) is 4.98 Å². The molecule has 6 rings (SSSR count). The van der Waals surface area contributed by atoms with Crippen LogP contribution in [0.1, 0.15) is 23.6 Å².